The predicted octanol–water partition coefficient (Wildman–Crippen LogP) is -1.07. The molecule has 92 valence electrons. The van der Waals surface area contributed by atoms with Crippen LogP contribution in [0.1, 0.15) is 0 Å². The molecule has 0 saturated heterocycles. The van der Waals surface area contributed by atoms with Gasteiger partial charge in [-0.05, 0) is 18.2 Å². The first kappa shape index (κ1) is 11.8. The molecule has 0 spiro atoms. The first-order valence-electron chi connectivity index (χ1n) is 4.95. The molecule has 0 aliphatic rings. The molecular formula is C11H9N3O4. The number of primary amides is 1. The number of rotatable bonds is 2. The summed E-state index contributed by atoms with van der Waals surface area (Å²) in [5, 5.41) is 3.47. The number of nitrogens with two attached hydrogens (primary N) is 1. The van der Waals surface area contributed by atoms with Gasteiger partial charge in [-0.25, -0.2) is 10.2 Å². The predicted molar refractivity (Wildman–Crippen MR) is 63.7 cm³/mol. The van der Waals surface area contributed by atoms with Gasteiger partial charge in [0.15, 0.2) is 5.36 Å². The number of urea groups is 1. The molecule has 0 radical (unpaired) electrons. The van der Waals surface area contributed by atoms with Gasteiger partial charge in [0.2, 0.25) is 10.9 Å². The SMILES string of the molecule is COc1ccc2c(=O)c(=NNC(N)=O)c(=O)c2c1. The molecule has 0 unspecified atom stereocenters. The van der Waals surface area contributed by atoms with Crippen molar-refractivity contribution in [3.63, 3.8) is 0 Å². The number of amides is 2. The summed E-state index contributed by atoms with van der Waals surface area (Å²) in [6.45, 7) is 0. The first-order chi connectivity index (χ1) is 8.54. The summed E-state index contributed by atoms with van der Waals surface area (Å²) >= 11 is 0. The summed E-state index contributed by atoms with van der Waals surface area (Å²) in [6, 6.07) is 3.54. The van der Waals surface area contributed by atoms with Crippen molar-refractivity contribution in [3.05, 3.63) is 44.0 Å². The van der Waals surface area contributed by atoms with E-state index in [0.29, 0.717) is 5.75 Å². The maximum Gasteiger partial charge on any atom is 0.332 e. The molecule has 2 aromatic carbocycles. The Kier molecular flexibility index (Phi) is 2.80. The van der Waals surface area contributed by atoms with Gasteiger partial charge in [0.25, 0.3) is 0 Å². The van der Waals surface area contributed by atoms with Crippen molar-refractivity contribution in [2.24, 2.45) is 10.8 Å². The van der Waals surface area contributed by atoms with Crippen LogP contribution in [0.15, 0.2) is 32.9 Å². The second-order valence-electron chi connectivity index (χ2n) is 3.51. The molecule has 3 N–H and O–H groups in total. The minimum absolute atomic E-state index is 0.198. The number of hydrogen-bond donors (Lipinski definition) is 2. The van der Waals surface area contributed by atoms with Gasteiger partial charge in [0.05, 0.1) is 7.11 Å². The number of carbonyl (C=O) groups excluding carboxylic acids is 1. The second kappa shape index (κ2) is 4.28. The highest BCUT2D eigenvalue weighted by Crippen LogP contribution is 2.14. The number of benzene rings is 1. The van der Waals surface area contributed by atoms with E-state index in [1.807, 2.05) is 5.43 Å². The Bertz CT molecular complexity index is 772. The monoisotopic (exact) mass is 247 g/mol. The Morgan fingerprint density at radius 3 is 2.56 bits per heavy atom. The summed E-state index contributed by atoms with van der Waals surface area (Å²) in [5.74, 6) is 0.457. The number of methoxy groups -OCH3 is 1. The van der Waals surface area contributed by atoms with Gasteiger partial charge < -0.3 is 10.5 Å². The minimum Gasteiger partial charge on any atom is -0.497 e. The maximum atomic E-state index is 11.9. The third-order valence-corrected chi connectivity index (χ3v) is 2.42. The zero-order chi connectivity index (χ0) is 13.3. The number of nitrogens with zero attached hydrogens (tertiary/aromatic N) is 1. The van der Waals surface area contributed by atoms with E-state index in [4.69, 9.17) is 10.5 Å². The minimum atomic E-state index is -0.948. The summed E-state index contributed by atoms with van der Waals surface area (Å²) < 4.78 is 4.96. The van der Waals surface area contributed by atoms with Gasteiger partial charge in [-0.3, -0.25) is 9.59 Å². The summed E-state index contributed by atoms with van der Waals surface area (Å²) in [5.41, 5.74) is 5.56. The summed E-state index contributed by atoms with van der Waals surface area (Å²) in [6.07, 6.45) is 0. The van der Waals surface area contributed by atoms with E-state index in [1.54, 1.807) is 6.07 Å². The van der Waals surface area contributed by atoms with Gasteiger partial charge in [0.1, 0.15) is 5.75 Å². The van der Waals surface area contributed by atoms with Gasteiger partial charge in [-0.1, -0.05) is 0 Å². The van der Waals surface area contributed by atoms with Crippen molar-refractivity contribution in [1.82, 2.24) is 5.43 Å². The zero-order valence-electron chi connectivity index (χ0n) is 9.39. The molecule has 0 fully saturated rings. The van der Waals surface area contributed by atoms with E-state index in [0.717, 1.165) is 0 Å². The molecule has 2 amide bonds. The number of fused-ring (bicyclic) bond motifs is 1. The lowest BCUT2D eigenvalue weighted by Gasteiger charge is -1.96. The molecule has 0 aromatic heterocycles. The fourth-order valence-electron chi connectivity index (χ4n) is 1.61. The summed E-state index contributed by atoms with van der Waals surface area (Å²) in [4.78, 5) is 34.2. The van der Waals surface area contributed by atoms with Gasteiger partial charge >= 0.3 is 6.03 Å². The Hall–Kier alpha value is -2.70. The Labute approximate surface area is 100 Å². The number of hydrogen-bond acceptors (Lipinski definition) is 5. The maximum absolute atomic E-state index is 11.9. The third kappa shape index (κ3) is 1.81. The van der Waals surface area contributed by atoms with Crippen LogP contribution in [0, 0.1) is 0 Å². The van der Waals surface area contributed by atoms with E-state index in [2.05, 4.69) is 5.10 Å². The van der Waals surface area contributed by atoms with Gasteiger partial charge in [-0.15, -0.1) is 0 Å². The van der Waals surface area contributed by atoms with E-state index in [9.17, 15) is 14.4 Å². The molecule has 7 nitrogen and oxygen atoms in total. The van der Waals surface area contributed by atoms with Crippen LogP contribution >= 0.6 is 0 Å². The quantitative estimate of drug-likeness (QED) is 0.658. The lowest BCUT2D eigenvalue weighted by Crippen LogP contribution is -2.37. The highest BCUT2D eigenvalue weighted by atomic mass is 16.5. The van der Waals surface area contributed by atoms with Crippen molar-refractivity contribution < 1.29 is 9.53 Å². The van der Waals surface area contributed by atoms with Gasteiger partial charge in [-0.2, -0.15) is 5.10 Å². The van der Waals surface area contributed by atoms with Crippen molar-refractivity contribution in [1.29, 1.82) is 0 Å². The molecule has 0 saturated carbocycles. The topological polar surface area (TPSA) is 111 Å². The summed E-state index contributed by atoms with van der Waals surface area (Å²) in [7, 11) is 1.45. The molecule has 2 rings (SSSR count). The zero-order valence-corrected chi connectivity index (χ0v) is 9.39. The lowest BCUT2D eigenvalue weighted by atomic mass is 10.2. The standard InChI is InChI=1S/C11H9N3O4/c1-18-5-2-3-6-7(4-5)10(16)8(9(6)15)13-14-11(12)17/h2-4H,1H3,(H3,12,14,17). The van der Waals surface area contributed by atoms with Crippen LogP contribution < -0.4 is 32.1 Å². The molecule has 2 aromatic rings. The number of nitrogens with one attached hydrogen (secondary N) is 1. The average Bonchev–Trinajstić information content (AvgIpc) is 2.59. The highest BCUT2D eigenvalue weighted by Gasteiger charge is 2.11. The van der Waals surface area contributed by atoms with Gasteiger partial charge in [0, 0.05) is 10.8 Å². The molecule has 0 aliphatic carbocycles. The normalized spacial score (nSPS) is 11.7. The van der Waals surface area contributed by atoms with Crippen molar-refractivity contribution in [2.45, 2.75) is 0 Å². The molecule has 7 heteroatoms. The van der Waals surface area contributed by atoms with Crippen LogP contribution in [-0.4, -0.2) is 13.1 Å². The molecule has 18 heavy (non-hydrogen) atoms. The van der Waals surface area contributed by atoms with Crippen LogP contribution in [0.5, 0.6) is 5.75 Å². The van der Waals surface area contributed by atoms with Crippen molar-refractivity contribution in [3.8, 4) is 5.75 Å². The Morgan fingerprint density at radius 1 is 1.28 bits per heavy atom. The van der Waals surface area contributed by atoms with E-state index in [-0.39, 0.29) is 16.1 Å². The second-order valence-corrected chi connectivity index (χ2v) is 3.51. The fraction of sp³-hybridized carbons (Fsp3) is 0.0909. The number of carbonyl (C=O) groups is 1. The third-order valence-electron chi connectivity index (χ3n) is 2.42. The number of ether oxygens (including phenoxy) is 1. The Balaban J connectivity index is 2.78. The fourth-order valence-corrected chi connectivity index (χ4v) is 1.61. The lowest BCUT2D eigenvalue weighted by molar-refractivity contribution is 0.249. The average molecular weight is 247 g/mol. The van der Waals surface area contributed by atoms with Crippen LogP contribution in [0.2, 0.25) is 0 Å². The van der Waals surface area contributed by atoms with Crippen LogP contribution in [0.3, 0.4) is 0 Å². The highest BCUT2D eigenvalue weighted by molar-refractivity contribution is 5.84. The van der Waals surface area contributed by atoms with Crippen LogP contribution in [0.25, 0.3) is 10.8 Å². The molecule has 0 bridgehead atoms. The van der Waals surface area contributed by atoms with Crippen LogP contribution in [-0.2, 0) is 0 Å². The Morgan fingerprint density at radius 2 is 1.94 bits per heavy atom. The van der Waals surface area contributed by atoms with E-state index < -0.39 is 16.9 Å². The van der Waals surface area contributed by atoms with Crippen molar-refractivity contribution >= 4 is 16.8 Å². The van der Waals surface area contributed by atoms with Crippen LogP contribution in [0.4, 0.5) is 4.79 Å². The molecule has 0 aliphatic heterocycles. The van der Waals surface area contributed by atoms with Crippen molar-refractivity contribution in [2.75, 3.05) is 7.11 Å². The largest absolute Gasteiger partial charge is 0.497 e. The molecular weight excluding hydrogens is 238 g/mol. The van der Waals surface area contributed by atoms with E-state index >= 15 is 0 Å². The van der Waals surface area contributed by atoms with E-state index in [1.165, 1.54) is 19.2 Å². The smallest absolute Gasteiger partial charge is 0.332 e. The molecule has 0 atom stereocenters. The molecule has 0 heterocycles. The first-order valence-corrected chi connectivity index (χ1v) is 4.95.